The minimum Gasteiger partial charge on any atom is -0.478 e. The Labute approximate surface area is 174 Å². The highest BCUT2D eigenvalue weighted by Crippen LogP contribution is 2.26. The van der Waals surface area contributed by atoms with Crippen LogP contribution in [0.1, 0.15) is 51.9 Å². The summed E-state index contributed by atoms with van der Waals surface area (Å²) in [5.74, 6) is -0.834. The van der Waals surface area contributed by atoms with Gasteiger partial charge >= 0.3 is 5.97 Å². The lowest BCUT2D eigenvalue weighted by molar-refractivity contribution is 0.0697. The topological polar surface area (TPSA) is 83.2 Å². The van der Waals surface area contributed by atoms with Crippen molar-refractivity contribution in [3.63, 3.8) is 0 Å². The predicted octanol–water partition coefficient (Wildman–Crippen LogP) is 5.54. The van der Waals surface area contributed by atoms with E-state index >= 15 is 0 Å². The summed E-state index contributed by atoms with van der Waals surface area (Å²) in [4.78, 5) is 23.0. The number of unbranched alkanes of at least 4 members (excludes halogenated alkanes) is 1. The maximum Gasteiger partial charge on any atom is 0.336 e. The molecule has 0 amide bonds. The van der Waals surface area contributed by atoms with Crippen molar-refractivity contribution in [2.75, 3.05) is 0 Å². The Kier molecular flexibility index (Phi) is 6.29. The Morgan fingerprint density at radius 1 is 1.17 bits per heavy atom. The van der Waals surface area contributed by atoms with E-state index in [1.165, 1.54) is 0 Å². The smallest absolute Gasteiger partial charge is 0.336 e. The van der Waals surface area contributed by atoms with Crippen molar-refractivity contribution in [3.05, 3.63) is 82.1 Å². The molecule has 3 rings (SSSR count). The van der Waals surface area contributed by atoms with Crippen LogP contribution in [0.15, 0.2) is 54.6 Å². The Hall–Kier alpha value is -3.18. The molecule has 2 aromatic carbocycles. The molecule has 0 saturated carbocycles. The van der Waals surface area contributed by atoms with Gasteiger partial charge in [0, 0.05) is 11.3 Å². The summed E-state index contributed by atoms with van der Waals surface area (Å²) in [6.45, 7) is 2.08. The number of aromatic nitrogens is 1. The normalized spacial score (nSPS) is 10.7. The molecule has 0 radical (unpaired) electrons. The number of carbonyl (C=O) groups is 2. The predicted molar refractivity (Wildman–Crippen MR) is 115 cm³/mol. The zero-order valence-electron chi connectivity index (χ0n) is 16.0. The molecule has 148 valence electrons. The van der Waals surface area contributed by atoms with Gasteiger partial charge in [0.05, 0.1) is 10.6 Å². The van der Waals surface area contributed by atoms with E-state index in [2.05, 4.69) is 6.92 Å². The molecule has 0 aliphatic heterocycles. The molecule has 1 heterocycles. The average Bonchev–Trinajstić information content (AvgIpc) is 3.06. The number of nitrogens with one attached hydrogen (secondary N) is 1. The number of nitrogens with zero attached hydrogens (tertiary/aromatic N) is 1. The van der Waals surface area contributed by atoms with Crippen LogP contribution in [-0.2, 0) is 6.42 Å². The molecule has 0 atom stereocenters. The van der Waals surface area contributed by atoms with E-state index < -0.39 is 5.97 Å². The van der Waals surface area contributed by atoms with E-state index in [1.54, 1.807) is 59.2 Å². The lowest BCUT2D eigenvalue weighted by Crippen LogP contribution is -2.17. The quantitative estimate of drug-likeness (QED) is 0.306. The molecule has 0 saturated heterocycles. The second kappa shape index (κ2) is 8.88. The minimum absolute atomic E-state index is 0.156. The largest absolute Gasteiger partial charge is 0.478 e. The Bertz CT molecular complexity index is 1070. The number of hydrogen-bond acceptors (Lipinski definition) is 3. The van der Waals surface area contributed by atoms with E-state index in [9.17, 15) is 14.7 Å². The molecular weight excluding hydrogens is 388 g/mol. The van der Waals surface area contributed by atoms with Gasteiger partial charge in [0.2, 0.25) is 0 Å². The molecule has 3 aromatic rings. The van der Waals surface area contributed by atoms with Gasteiger partial charge in [-0.2, -0.15) is 0 Å². The first-order valence-electron chi connectivity index (χ1n) is 9.35. The molecule has 5 nitrogen and oxygen atoms in total. The molecular formula is C23H21ClN2O3. The number of aldehydes is 1. The number of benzene rings is 2. The van der Waals surface area contributed by atoms with Crippen LogP contribution in [0.3, 0.4) is 0 Å². The van der Waals surface area contributed by atoms with Crippen molar-refractivity contribution in [1.82, 2.24) is 4.57 Å². The number of aromatic carboxylic acids is 1. The van der Waals surface area contributed by atoms with Gasteiger partial charge in [-0.05, 0) is 36.1 Å². The maximum absolute atomic E-state index is 11.6. The van der Waals surface area contributed by atoms with Crippen molar-refractivity contribution in [1.29, 1.82) is 5.41 Å². The summed E-state index contributed by atoms with van der Waals surface area (Å²) in [6.07, 6.45) is 3.31. The number of carbonyl (C=O) groups excluding carboxylic acids is 1. The number of aryl methyl sites for hydroxylation is 1. The number of halogens is 1. The van der Waals surface area contributed by atoms with Crippen LogP contribution in [0.25, 0.3) is 11.1 Å². The Morgan fingerprint density at radius 3 is 2.48 bits per heavy atom. The van der Waals surface area contributed by atoms with Crippen LogP contribution in [0.5, 0.6) is 0 Å². The highest BCUT2D eigenvalue weighted by Gasteiger charge is 2.18. The van der Waals surface area contributed by atoms with Gasteiger partial charge in [0.15, 0.2) is 6.29 Å². The van der Waals surface area contributed by atoms with Crippen molar-refractivity contribution in [2.45, 2.75) is 26.2 Å². The molecule has 0 spiro atoms. The van der Waals surface area contributed by atoms with Gasteiger partial charge in [-0.3, -0.25) is 14.8 Å². The lowest BCUT2D eigenvalue weighted by atomic mass is 9.98. The molecule has 0 fully saturated rings. The highest BCUT2D eigenvalue weighted by atomic mass is 35.5. The van der Waals surface area contributed by atoms with E-state index in [1.807, 2.05) is 0 Å². The van der Waals surface area contributed by atoms with Gasteiger partial charge in [0.1, 0.15) is 11.5 Å². The summed E-state index contributed by atoms with van der Waals surface area (Å²) in [5, 5.41) is 18.4. The molecule has 0 aliphatic carbocycles. The number of hydrogen-bond donors (Lipinski definition) is 2. The second-order valence-electron chi connectivity index (χ2n) is 6.70. The van der Waals surface area contributed by atoms with E-state index in [4.69, 9.17) is 17.0 Å². The first-order chi connectivity index (χ1) is 14.0. The fourth-order valence-corrected chi connectivity index (χ4v) is 3.57. The summed E-state index contributed by atoms with van der Waals surface area (Å²) < 4.78 is 1.59. The van der Waals surface area contributed by atoms with Gasteiger partial charge in [-0.15, -0.1) is 0 Å². The third kappa shape index (κ3) is 4.15. The first kappa shape index (κ1) is 20.6. The third-order valence-corrected chi connectivity index (χ3v) is 5.12. The highest BCUT2D eigenvalue weighted by molar-refractivity contribution is 6.33. The van der Waals surface area contributed by atoms with Gasteiger partial charge in [-0.1, -0.05) is 67.4 Å². The summed E-state index contributed by atoms with van der Waals surface area (Å²) in [6, 6.07) is 15.6. The summed E-state index contributed by atoms with van der Waals surface area (Å²) in [7, 11) is 0. The van der Waals surface area contributed by atoms with Gasteiger partial charge in [-0.25, -0.2) is 4.79 Å². The van der Waals surface area contributed by atoms with Crippen LogP contribution >= 0.6 is 11.6 Å². The van der Waals surface area contributed by atoms with E-state index in [-0.39, 0.29) is 17.1 Å². The minimum atomic E-state index is -0.990. The van der Waals surface area contributed by atoms with Crippen molar-refractivity contribution in [2.24, 2.45) is 0 Å². The Morgan fingerprint density at radius 2 is 1.86 bits per heavy atom. The zero-order chi connectivity index (χ0) is 21.0. The second-order valence-corrected chi connectivity index (χ2v) is 7.11. The van der Waals surface area contributed by atoms with Crippen LogP contribution < -0.4 is 0 Å². The number of rotatable bonds is 7. The Balaban J connectivity index is 1.98. The molecule has 0 bridgehead atoms. The lowest BCUT2D eigenvalue weighted by Gasteiger charge is -2.13. The SMILES string of the molecule is CCCCc1cc(Cl)c(C=O)n1C(=N)c1ccc(-c2ccccc2C(=O)O)cc1. The summed E-state index contributed by atoms with van der Waals surface area (Å²) >= 11 is 6.21. The number of carboxylic acid groups (broad SMARTS) is 1. The monoisotopic (exact) mass is 408 g/mol. The standard InChI is InChI=1S/C23H21ClN2O3/c1-2-3-6-17-13-20(24)21(14-27)26(17)22(25)16-11-9-15(10-12-16)18-7-4-5-8-19(18)23(28)29/h4-5,7-14,25H,2-3,6H2,1H3,(H,28,29). The first-order valence-corrected chi connectivity index (χ1v) is 9.73. The van der Waals surface area contributed by atoms with Crippen LogP contribution in [0, 0.1) is 5.41 Å². The molecule has 29 heavy (non-hydrogen) atoms. The van der Waals surface area contributed by atoms with Crippen molar-refractivity contribution >= 4 is 29.7 Å². The van der Waals surface area contributed by atoms with Crippen LogP contribution in [0.2, 0.25) is 5.02 Å². The zero-order valence-corrected chi connectivity index (χ0v) is 16.7. The van der Waals surface area contributed by atoms with Gasteiger partial charge < -0.3 is 5.11 Å². The molecule has 0 aliphatic rings. The number of carboxylic acids is 1. The summed E-state index contributed by atoms with van der Waals surface area (Å²) in [5.41, 5.74) is 3.27. The van der Waals surface area contributed by atoms with Gasteiger partial charge in [0.25, 0.3) is 0 Å². The third-order valence-electron chi connectivity index (χ3n) is 4.81. The molecule has 0 unspecified atom stereocenters. The average molecular weight is 409 g/mol. The van der Waals surface area contributed by atoms with Crippen molar-refractivity contribution < 1.29 is 14.7 Å². The van der Waals surface area contributed by atoms with E-state index in [0.717, 1.165) is 30.5 Å². The fraction of sp³-hybridized carbons (Fsp3) is 0.174. The van der Waals surface area contributed by atoms with Crippen LogP contribution in [0.4, 0.5) is 0 Å². The fourth-order valence-electron chi connectivity index (χ4n) is 3.32. The van der Waals surface area contributed by atoms with Crippen LogP contribution in [-0.4, -0.2) is 27.8 Å². The molecule has 2 N–H and O–H groups in total. The van der Waals surface area contributed by atoms with E-state index in [0.29, 0.717) is 22.4 Å². The molecule has 6 heteroatoms. The molecule has 1 aromatic heterocycles. The van der Waals surface area contributed by atoms with Crippen molar-refractivity contribution in [3.8, 4) is 11.1 Å². The maximum atomic E-state index is 11.6.